The first kappa shape index (κ1) is 27.3. The van der Waals surface area contributed by atoms with Gasteiger partial charge in [0.2, 0.25) is 5.75 Å². The molecular formula is C26H31ClN2O7. The molecule has 3 rings (SSSR count). The minimum absolute atomic E-state index is 0.0983. The number of aliphatic carboxylic acids is 1. The predicted octanol–water partition coefficient (Wildman–Crippen LogP) is 4.52. The van der Waals surface area contributed by atoms with Gasteiger partial charge in [0.25, 0.3) is 5.91 Å². The molecule has 1 aliphatic rings. The first-order valence-corrected chi connectivity index (χ1v) is 12.1. The number of methoxy groups -OCH3 is 1. The number of carbonyl (C=O) groups excluding carboxylic acids is 2. The molecular weight excluding hydrogens is 488 g/mol. The van der Waals surface area contributed by atoms with Gasteiger partial charge in [0.1, 0.15) is 17.4 Å². The highest BCUT2D eigenvalue weighted by Gasteiger charge is 2.48. The van der Waals surface area contributed by atoms with E-state index in [-0.39, 0.29) is 23.1 Å². The molecule has 3 atom stereocenters. The summed E-state index contributed by atoms with van der Waals surface area (Å²) >= 11 is 6.14. The number of halogens is 1. The van der Waals surface area contributed by atoms with Gasteiger partial charge in [-0.3, -0.25) is 9.59 Å². The zero-order valence-corrected chi connectivity index (χ0v) is 21.5. The van der Waals surface area contributed by atoms with E-state index in [1.807, 2.05) is 0 Å². The Bertz CT molecular complexity index is 1120. The van der Waals surface area contributed by atoms with Gasteiger partial charge in [0, 0.05) is 30.1 Å². The normalized spacial score (nSPS) is 16.9. The van der Waals surface area contributed by atoms with E-state index >= 15 is 0 Å². The molecule has 1 aromatic carbocycles. The molecule has 1 saturated carbocycles. The van der Waals surface area contributed by atoms with Gasteiger partial charge in [-0.15, -0.1) is 0 Å². The number of carbonyl (C=O) groups is 3. The molecule has 36 heavy (non-hydrogen) atoms. The molecule has 1 fully saturated rings. The van der Waals surface area contributed by atoms with Crippen LogP contribution in [0.4, 0.5) is 0 Å². The first-order chi connectivity index (χ1) is 17.1. The highest BCUT2D eigenvalue weighted by atomic mass is 35.5. The van der Waals surface area contributed by atoms with Crippen molar-refractivity contribution in [2.45, 2.75) is 58.1 Å². The minimum atomic E-state index is -1.75. The van der Waals surface area contributed by atoms with Crippen LogP contribution in [0, 0.1) is 11.8 Å². The zero-order chi connectivity index (χ0) is 26.5. The smallest absolute Gasteiger partial charge is 0.329 e. The van der Waals surface area contributed by atoms with Crippen LogP contribution in [0.3, 0.4) is 0 Å². The van der Waals surface area contributed by atoms with Crippen LogP contribution in [0.5, 0.6) is 17.2 Å². The molecule has 0 radical (unpaired) electrons. The van der Waals surface area contributed by atoms with Gasteiger partial charge in [-0.05, 0) is 43.9 Å². The lowest BCUT2D eigenvalue weighted by Crippen LogP contribution is -2.61. The summed E-state index contributed by atoms with van der Waals surface area (Å²) in [4.78, 5) is 41.6. The fourth-order valence-corrected chi connectivity index (χ4v) is 4.75. The SMILES string of the molecule is COc1ccnc(C(=O)N[C@](C)(C(=O)O)[C@H](C)[C@H](Oc2cccc(Cl)c2)C2CCCC2)c1OC(C)=O. The van der Waals surface area contributed by atoms with Crippen molar-refractivity contribution >= 4 is 29.4 Å². The van der Waals surface area contributed by atoms with Crippen LogP contribution in [0.2, 0.25) is 5.02 Å². The highest BCUT2D eigenvalue weighted by Crippen LogP contribution is 2.38. The highest BCUT2D eigenvalue weighted by molar-refractivity contribution is 6.30. The number of hydrogen-bond acceptors (Lipinski definition) is 7. The van der Waals surface area contributed by atoms with E-state index in [2.05, 4.69) is 10.3 Å². The summed E-state index contributed by atoms with van der Waals surface area (Å²) in [5, 5.41) is 13.4. The lowest BCUT2D eigenvalue weighted by atomic mass is 9.77. The molecule has 1 amide bonds. The number of ether oxygens (including phenoxy) is 3. The Labute approximate surface area is 215 Å². The standard InChI is InChI=1S/C26H31ClN2O7/c1-15(22(17-8-5-6-9-17)36-19-11-7-10-18(27)14-19)26(3,25(32)33)29-24(31)21-23(35-16(2)30)20(34-4)12-13-28-21/h7,10-15,17,22H,5-6,8-9H2,1-4H3,(H,29,31)(H,32,33)/t15-,22+,26+/m1/s1. The number of esters is 1. The topological polar surface area (TPSA) is 124 Å². The van der Waals surface area contributed by atoms with Gasteiger partial charge in [0.15, 0.2) is 11.4 Å². The third kappa shape index (κ3) is 6.07. The van der Waals surface area contributed by atoms with Crippen molar-refractivity contribution in [1.29, 1.82) is 0 Å². The Morgan fingerprint density at radius 1 is 1.22 bits per heavy atom. The number of nitrogens with one attached hydrogen (secondary N) is 1. The van der Waals surface area contributed by atoms with Crippen molar-refractivity contribution in [1.82, 2.24) is 10.3 Å². The molecule has 1 heterocycles. The van der Waals surface area contributed by atoms with Crippen LogP contribution >= 0.6 is 11.6 Å². The minimum Gasteiger partial charge on any atom is -0.493 e. The second kappa shape index (κ2) is 11.6. The molecule has 1 aliphatic carbocycles. The molecule has 0 unspecified atom stereocenters. The summed E-state index contributed by atoms with van der Waals surface area (Å²) in [7, 11) is 1.35. The Kier molecular flexibility index (Phi) is 8.79. The number of nitrogens with zero attached hydrogens (tertiary/aromatic N) is 1. The lowest BCUT2D eigenvalue weighted by Gasteiger charge is -2.39. The summed E-state index contributed by atoms with van der Waals surface area (Å²) in [5.41, 5.74) is -2.02. The Morgan fingerprint density at radius 3 is 2.50 bits per heavy atom. The molecule has 194 valence electrons. The Hall–Kier alpha value is -3.33. The van der Waals surface area contributed by atoms with Crippen LogP contribution < -0.4 is 19.5 Å². The fourth-order valence-electron chi connectivity index (χ4n) is 4.57. The number of carboxylic acids is 1. The molecule has 2 N–H and O–H groups in total. The molecule has 0 saturated heterocycles. The second-order valence-electron chi connectivity index (χ2n) is 9.12. The zero-order valence-electron chi connectivity index (χ0n) is 20.7. The number of pyridine rings is 1. The van der Waals surface area contributed by atoms with Crippen molar-refractivity contribution in [2.24, 2.45) is 11.8 Å². The lowest BCUT2D eigenvalue weighted by molar-refractivity contribution is -0.148. The summed E-state index contributed by atoms with van der Waals surface area (Å²) in [6, 6.07) is 8.37. The van der Waals surface area contributed by atoms with Gasteiger partial charge >= 0.3 is 11.9 Å². The predicted molar refractivity (Wildman–Crippen MR) is 133 cm³/mol. The van der Waals surface area contributed by atoms with E-state index in [1.165, 1.54) is 33.2 Å². The van der Waals surface area contributed by atoms with E-state index in [1.54, 1.807) is 31.2 Å². The number of carboxylic acid groups (broad SMARTS) is 1. The number of amides is 1. The van der Waals surface area contributed by atoms with Gasteiger partial charge in [0.05, 0.1) is 7.11 Å². The number of aromatic nitrogens is 1. The Morgan fingerprint density at radius 2 is 1.92 bits per heavy atom. The molecule has 1 aromatic heterocycles. The van der Waals surface area contributed by atoms with Gasteiger partial charge in [-0.2, -0.15) is 0 Å². The maximum Gasteiger partial charge on any atom is 0.329 e. The Balaban J connectivity index is 1.96. The molecule has 0 spiro atoms. The van der Waals surface area contributed by atoms with Gasteiger partial charge < -0.3 is 24.6 Å². The van der Waals surface area contributed by atoms with Crippen LogP contribution in [0.25, 0.3) is 0 Å². The largest absolute Gasteiger partial charge is 0.493 e. The third-order valence-corrected chi connectivity index (χ3v) is 6.94. The van der Waals surface area contributed by atoms with Crippen molar-refractivity contribution < 1.29 is 33.7 Å². The van der Waals surface area contributed by atoms with Crippen LogP contribution in [-0.4, -0.2) is 46.7 Å². The molecule has 9 nitrogen and oxygen atoms in total. The van der Waals surface area contributed by atoms with E-state index in [0.717, 1.165) is 25.7 Å². The van der Waals surface area contributed by atoms with Crippen molar-refractivity contribution in [3.8, 4) is 17.2 Å². The van der Waals surface area contributed by atoms with E-state index in [0.29, 0.717) is 10.8 Å². The third-order valence-electron chi connectivity index (χ3n) is 6.70. The molecule has 2 aromatic rings. The maximum absolute atomic E-state index is 13.3. The van der Waals surface area contributed by atoms with E-state index < -0.39 is 35.4 Å². The van der Waals surface area contributed by atoms with Crippen LogP contribution in [0.15, 0.2) is 36.5 Å². The number of benzene rings is 1. The van der Waals surface area contributed by atoms with Crippen LogP contribution in [-0.2, 0) is 9.59 Å². The average Bonchev–Trinajstić information content (AvgIpc) is 3.36. The quantitative estimate of drug-likeness (QED) is 0.440. The van der Waals surface area contributed by atoms with E-state index in [9.17, 15) is 19.5 Å². The molecule has 10 heteroatoms. The van der Waals surface area contributed by atoms with Crippen molar-refractivity contribution in [2.75, 3.05) is 7.11 Å². The average molecular weight is 519 g/mol. The monoisotopic (exact) mass is 518 g/mol. The van der Waals surface area contributed by atoms with Gasteiger partial charge in [-0.25, -0.2) is 9.78 Å². The van der Waals surface area contributed by atoms with Crippen LogP contribution in [0.1, 0.15) is 56.9 Å². The van der Waals surface area contributed by atoms with Crippen molar-refractivity contribution in [3.63, 3.8) is 0 Å². The first-order valence-electron chi connectivity index (χ1n) is 11.8. The van der Waals surface area contributed by atoms with E-state index in [4.69, 9.17) is 25.8 Å². The van der Waals surface area contributed by atoms with Crippen molar-refractivity contribution in [3.05, 3.63) is 47.2 Å². The van der Waals surface area contributed by atoms with Gasteiger partial charge in [-0.1, -0.05) is 37.4 Å². The molecule has 0 bridgehead atoms. The number of hydrogen-bond donors (Lipinski definition) is 2. The summed E-state index contributed by atoms with van der Waals surface area (Å²) in [5.74, 6) is -2.85. The second-order valence-corrected chi connectivity index (χ2v) is 9.56. The summed E-state index contributed by atoms with van der Waals surface area (Å²) in [6.45, 7) is 4.36. The maximum atomic E-state index is 13.3. The molecule has 0 aliphatic heterocycles. The number of rotatable bonds is 10. The summed E-state index contributed by atoms with van der Waals surface area (Å²) in [6.07, 6.45) is 4.59. The fraction of sp³-hybridized carbons (Fsp3) is 0.462. The summed E-state index contributed by atoms with van der Waals surface area (Å²) < 4.78 is 16.7.